The summed E-state index contributed by atoms with van der Waals surface area (Å²) in [5.74, 6) is -2.60. The number of fused-ring (bicyclic) bond motifs is 1. The number of hydrogen-bond acceptors (Lipinski definition) is 5. The maximum absolute atomic E-state index is 12.9. The Hall–Kier alpha value is -1.62. The summed E-state index contributed by atoms with van der Waals surface area (Å²) in [4.78, 5) is 7.97. The molecule has 2 atom stereocenters. The largest absolute Gasteiger partial charge is 0.476 e. The van der Waals surface area contributed by atoms with E-state index in [1.54, 1.807) is 0 Å². The highest BCUT2D eigenvalue weighted by molar-refractivity contribution is 5.20. The third-order valence-corrected chi connectivity index (χ3v) is 5.48. The summed E-state index contributed by atoms with van der Waals surface area (Å²) in [6.45, 7) is 7.14. The molecule has 0 amide bonds. The van der Waals surface area contributed by atoms with Crippen LogP contribution < -0.4 is 4.74 Å². The summed E-state index contributed by atoms with van der Waals surface area (Å²) in [6, 6.07) is 0.277. The van der Waals surface area contributed by atoms with Crippen molar-refractivity contribution in [3.8, 4) is 5.88 Å². The molecule has 3 heterocycles. The first-order chi connectivity index (χ1) is 13.7. The van der Waals surface area contributed by atoms with Crippen LogP contribution in [0.15, 0.2) is 6.07 Å². The zero-order chi connectivity index (χ0) is 22.4. The molecule has 0 unspecified atom stereocenters. The Bertz CT molecular complexity index is 730. The number of rotatable bonds is 5. The van der Waals surface area contributed by atoms with E-state index in [0.29, 0.717) is 12.7 Å². The van der Waals surface area contributed by atoms with Crippen molar-refractivity contribution in [2.45, 2.75) is 76.0 Å². The third kappa shape index (κ3) is 5.16. The van der Waals surface area contributed by atoms with E-state index in [4.69, 9.17) is 9.47 Å². The van der Waals surface area contributed by atoms with Crippen LogP contribution >= 0.6 is 0 Å². The summed E-state index contributed by atoms with van der Waals surface area (Å²) >= 11 is 0. The normalized spacial score (nSPS) is 25.6. The lowest BCUT2D eigenvalue weighted by molar-refractivity contribution is -0.153. The number of nitrogens with zero attached hydrogens (tertiary/aromatic N) is 3. The predicted molar refractivity (Wildman–Crippen MR) is 94.9 cm³/mol. The minimum absolute atomic E-state index is 0.0527. The van der Waals surface area contributed by atoms with Gasteiger partial charge in [-0.15, -0.1) is 0 Å². The maximum Gasteiger partial charge on any atom is 0.451 e. The lowest BCUT2D eigenvalue weighted by Gasteiger charge is -2.37. The van der Waals surface area contributed by atoms with E-state index in [9.17, 15) is 26.3 Å². The van der Waals surface area contributed by atoms with Gasteiger partial charge in [-0.05, 0) is 53.0 Å². The zero-order valence-electron chi connectivity index (χ0n) is 17.0. The maximum atomic E-state index is 12.9. The molecule has 0 aromatic carbocycles. The zero-order valence-corrected chi connectivity index (χ0v) is 17.0. The van der Waals surface area contributed by atoms with Gasteiger partial charge in [0.05, 0.1) is 12.2 Å². The summed E-state index contributed by atoms with van der Waals surface area (Å²) in [6.07, 6.45) is -6.71. The van der Waals surface area contributed by atoms with Gasteiger partial charge >= 0.3 is 12.4 Å². The predicted octanol–water partition coefficient (Wildman–Crippen LogP) is 4.71. The molecule has 30 heavy (non-hydrogen) atoms. The highest BCUT2D eigenvalue weighted by Gasteiger charge is 2.50. The van der Waals surface area contributed by atoms with E-state index < -0.39 is 29.8 Å². The fraction of sp³-hybridized carbons (Fsp3) is 0.789. The monoisotopic (exact) mass is 441 g/mol. The van der Waals surface area contributed by atoms with Crippen LogP contribution in [0.1, 0.15) is 58.0 Å². The molecule has 2 saturated heterocycles. The second-order valence-corrected chi connectivity index (χ2v) is 8.84. The van der Waals surface area contributed by atoms with E-state index >= 15 is 0 Å². The Morgan fingerprint density at radius 2 is 1.77 bits per heavy atom. The van der Waals surface area contributed by atoms with E-state index in [2.05, 4.69) is 14.9 Å². The van der Waals surface area contributed by atoms with Gasteiger partial charge in [0.2, 0.25) is 11.7 Å². The summed E-state index contributed by atoms with van der Waals surface area (Å²) < 4.78 is 88.9. The molecular weight excluding hydrogens is 416 g/mol. The molecule has 0 spiro atoms. The molecular formula is C19H25F6N3O2. The summed E-state index contributed by atoms with van der Waals surface area (Å²) in [5.41, 5.74) is -2.15. The fourth-order valence-corrected chi connectivity index (χ4v) is 4.09. The van der Waals surface area contributed by atoms with Gasteiger partial charge in [0.25, 0.3) is 0 Å². The Balaban J connectivity index is 1.73. The van der Waals surface area contributed by atoms with Crippen LogP contribution in [-0.2, 0) is 17.1 Å². The van der Waals surface area contributed by atoms with Gasteiger partial charge < -0.3 is 9.47 Å². The lowest BCUT2D eigenvalue weighted by Crippen LogP contribution is -2.48. The number of hydrogen-bond donors (Lipinski definition) is 0. The van der Waals surface area contributed by atoms with Crippen LogP contribution in [0.4, 0.5) is 26.3 Å². The third-order valence-electron chi connectivity index (χ3n) is 5.48. The van der Waals surface area contributed by atoms with Crippen molar-refractivity contribution in [2.75, 3.05) is 19.8 Å². The molecule has 0 bridgehead atoms. The van der Waals surface area contributed by atoms with Crippen molar-refractivity contribution >= 4 is 0 Å². The molecule has 170 valence electrons. The van der Waals surface area contributed by atoms with Crippen LogP contribution in [0.2, 0.25) is 0 Å². The Kier molecular flexibility index (Phi) is 6.00. The van der Waals surface area contributed by atoms with Gasteiger partial charge in [0, 0.05) is 17.6 Å². The lowest BCUT2D eigenvalue weighted by atomic mass is 9.95. The number of alkyl halides is 6. The smallest absolute Gasteiger partial charge is 0.451 e. The summed E-state index contributed by atoms with van der Waals surface area (Å²) in [7, 11) is 0. The molecule has 0 aliphatic carbocycles. The van der Waals surface area contributed by atoms with E-state index in [1.165, 1.54) is 0 Å². The van der Waals surface area contributed by atoms with Crippen LogP contribution in [0.3, 0.4) is 0 Å². The highest BCUT2D eigenvalue weighted by atomic mass is 19.4. The van der Waals surface area contributed by atoms with Crippen LogP contribution in [-0.4, -0.2) is 51.8 Å². The minimum Gasteiger partial charge on any atom is -0.476 e. The molecule has 1 aromatic rings. The molecule has 1 aromatic heterocycles. The highest BCUT2D eigenvalue weighted by Crippen LogP contribution is 2.43. The van der Waals surface area contributed by atoms with Crippen LogP contribution in [0, 0.1) is 0 Å². The number of aromatic nitrogens is 2. The molecule has 2 fully saturated rings. The molecule has 5 nitrogen and oxygen atoms in total. The molecule has 0 N–H and O–H groups in total. The number of halogens is 6. The van der Waals surface area contributed by atoms with Gasteiger partial charge in [0.1, 0.15) is 6.61 Å². The Labute approximate surface area is 170 Å². The first-order valence-electron chi connectivity index (χ1n) is 9.77. The average Bonchev–Trinajstić information content (AvgIpc) is 3.15. The van der Waals surface area contributed by atoms with E-state index in [-0.39, 0.29) is 23.8 Å². The van der Waals surface area contributed by atoms with Crippen molar-refractivity contribution in [3.05, 3.63) is 17.6 Å². The number of ether oxygens (including phenoxy) is 2. The Morgan fingerprint density at radius 3 is 2.37 bits per heavy atom. The fourth-order valence-electron chi connectivity index (χ4n) is 4.09. The van der Waals surface area contributed by atoms with Crippen LogP contribution in [0.5, 0.6) is 5.88 Å². The van der Waals surface area contributed by atoms with Crippen molar-refractivity contribution in [3.63, 3.8) is 0 Å². The summed E-state index contributed by atoms with van der Waals surface area (Å²) in [5, 5.41) is 0. The average molecular weight is 441 g/mol. The Morgan fingerprint density at radius 1 is 1.07 bits per heavy atom. The molecule has 11 heteroatoms. The topological polar surface area (TPSA) is 47.5 Å². The minimum atomic E-state index is -5.11. The van der Waals surface area contributed by atoms with E-state index in [1.807, 2.05) is 20.8 Å². The van der Waals surface area contributed by atoms with Gasteiger partial charge in [-0.3, -0.25) is 4.90 Å². The molecule has 2 aliphatic rings. The van der Waals surface area contributed by atoms with Gasteiger partial charge in [-0.25, -0.2) is 4.98 Å². The molecule has 0 saturated carbocycles. The van der Waals surface area contributed by atoms with Crippen molar-refractivity contribution < 1.29 is 35.8 Å². The molecule has 2 aliphatic heterocycles. The van der Waals surface area contributed by atoms with Crippen molar-refractivity contribution in [1.82, 2.24) is 14.9 Å². The standard InChI is InChI=1S/C19H25F6N3O2/c1-16(2,3)30-11-17-6-4-8-28(17)12(5-7-17)10-29-14-9-13(18(20,21)22)26-15(27-14)19(23,24)25/h9,12H,4-8,10-11H2,1-3H3/t12-,17-/m0/s1. The van der Waals surface area contributed by atoms with Crippen molar-refractivity contribution in [1.29, 1.82) is 0 Å². The van der Waals surface area contributed by atoms with Gasteiger partial charge in [0.15, 0.2) is 5.69 Å². The first kappa shape index (κ1) is 23.1. The molecule has 3 rings (SSSR count). The second kappa shape index (κ2) is 7.81. The van der Waals surface area contributed by atoms with Gasteiger partial charge in [-0.1, -0.05) is 0 Å². The molecule has 0 radical (unpaired) electrons. The SMILES string of the molecule is CC(C)(C)OC[C@@]12CCCN1[C@H](COc1cc(C(F)(F)F)nc(C(F)(F)F)n1)CC2. The van der Waals surface area contributed by atoms with Gasteiger partial charge in [-0.2, -0.15) is 31.3 Å². The quantitative estimate of drug-likeness (QED) is 0.620. The second-order valence-electron chi connectivity index (χ2n) is 8.84. The van der Waals surface area contributed by atoms with Crippen LogP contribution in [0.25, 0.3) is 0 Å². The first-order valence-corrected chi connectivity index (χ1v) is 9.77. The van der Waals surface area contributed by atoms with E-state index in [0.717, 1.165) is 32.2 Å². The van der Waals surface area contributed by atoms with Crippen molar-refractivity contribution in [2.24, 2.45) is 0 Å².